The highest BCUT2D eigenvalue weighted by Crippen LogP contribution is 2.27. The molecule has 0 fully saturated rings. The molecule has 1 aromatic heterocycles. The van der Waals surface area contributed by atoms with E-state index in [2.05, 4.69) is 22.6 Å². The van der Waals surface area contributed by atoms with Crippen molar-refractivity contribution in [1.82, 2.24) is 15.1 Å². The Morgan fingerprint density at radius 2 is 1.85 bits per heavy atom. The van der Waals surface area contributed by atoms with E-state index in [-0.39, 0.29) is 0 Å². The second-order valence-electron chi connectivity index (χ2n) is 5.90. The molecule has 1 heterocycles. The minimum absolute atomic E-state index is 0.437. The summed E-state index contributed by atoms with van der Waals surface area (Å²) in [7, 11) is 0. The van der Waals surface area contributed by atoms with Gasteiger partial charge in [0.25, 0.3) is 0 Å². The second-order valence-corrected chi connectivity index (χ2v) is 6.34. The molecule has 134 valence electrons. The quantitative estimate of drug-likeness (QED) is 0.698. The van der Waals surface area contributed by atoms with E-state index in [1.54, 1.807) is 41.2 Å². The van der Waals surface area contributed by atoms with Crippen molar-refractivity contribution >= 4 is 11.6 Å². The van der Waals surface area contributed by atoms with Gasteiger partial charge in [0.05, 0.1) is 36.1 Å². The molecule has 0 saturated carbocycles. The number of halogens is 1. The van der Waals surface area contributed by atoms with Crippen LogP contribution in [-0.2, 0) is 13.2 Å². The van der Waals surface area contributed by atoms with Gasteiger partial charge >= 0.3 is 0 Å². The summed E-state index contributed by atoms with van der Waals surface area (Å²) in [5.41, 5.74) is 2.89. The summed E-state index contributed by atoms with van der Waals surface area (Å²) in [5.74, 6) is 1.09. The Balaban J connectivity index is 1.61. The number of aryl methyl sites for hydroxylation is 1. The van der Waals surface area contributed by atoms with Gasteiger partial charge in [-0.1, -0.05) is 23.7 Å². The molecule has 0 spiro atoms. The van der Waals surface area contributed by atoms with E-state index in [1.165, 1.54) is 0 Å². The molecule has 0 aliphatic heterocycles. The van der Waals surface area contributed by atoms with Crippen LogP contribution in [0.15, 0.2) is 48.7 Å². The largest absolute Gasteiger partial charge is 0.454 e. The summed E-state index contributed by atoms with van der Waals surface area (Å²) in [4.78, 5) is 0. The van der Waals surface area contributed by atoms with Gasteiger partial charge in [0.1, 0.15) is 11.4 Å². The number of hydrogen-bond donors (Lipinski definition) is 1. The monoisotopic (exact) mass is 377 g/mol. The minimum atomic E-state index is 0.437. The first kappa shape index (κ1) is 18.5. The van der Waals surface area contributed by atoms with Crippen LogP contribution >= 0.6 is 11.6 Å². The van der Waals surface area contributed by atoms with Crippen LogP contribution in [0, 0.1) is 29.6 Å². The average molecular weight is 378 g/mol. The van der Waals surface area contributed by atoms with Crippen LogP contribution < -0.4 is 10.1 Å². The van der Waals surface area contributed by atoms with Crippen molar-refractivity contribution in [2.24, 2.45) is 0 Å². The standard InChI is InChI=1S/C20H16ClN5O/c1-14-20(27-19-7-17(10-23)6-18(21)8-19)12-26(25-14)13-24-11-16-4-2-15(9-22)3-5-16/h2-8,12,24H,11,13H2,1H3. The Kier molecular flexibility index (Phi) is 5.73. The number of ether oxygens (including phenoxy) is 1. The average Bonchev–Trinajstić information content (AvgIpc) is 3.01. The van der Waals surface area contributed by atoms with Crippen molar-refractivity contribution in [3.8, 4) is 23.6 Å². The number of nitriles is 2. The number of nitrogens with one attached hydrogen (secondary N) is 1. The zero-order valence-corrected chi connectivity index (χ0v) is 15.4. The lowest BCUT2D eigenvalue weighted by Crippen LogP contribution is -2.18. The first-order valence-corrected chi connectivity index (χ1v) is 8.57. The van der Waals surface area contributed by atoms with Gasteiger partial charge in [-0.05, 0) is 42.8 Å². The van der Waals surface area contributed by atoms with E-state index in [1.807, 2.05) is 19.1 Å². The highest BCUT2D eigenvalue weighted by Gasteiger charge is 2.09. The maximum absolute atomic E-state index is 9.03. The second kappa shape index (κ2) is 8.37. The normalized spacial score (nSPS) is 10.2. The topological polar surface area (TPSA) is 86.7 Å². The Morgan fingerprint density at radius 3 is 2.56 bits per heavy atom. The lowest BCUT2D eigenvalue weighted by Gasteiger charge is -2.06. The molecule has 1 N–H and O–H groups in total. The van der Waals surface area contributed by atoms with Gasteiger partial charge < -0.3 is 4.74 Å². The van der Waals surface area contributed by atoms with Gasteiger partial charge in [-0.2, -0.15) is 15.6 Å². The predicted molar refractivity (Wildman–Crippen MR) is 101 cm³/mol. The predicted octanol–water partition coefficient (Wildman–Crippen LogP) is 4.13. The van der Waals surface area contributed by atoms with E-state index in [9.17, 15) is 0 Å². The van der Waals surface area contributed by atoms with Crippen molar-refractivity contribution in [2.45, 2.75) is 20.1 Å². The molecule has 0 saturated heterocycles. The molecule has 0 bridgehead atoms. The highest BCUT2D eigenvalue weighted by molar-refractivity contribution is 6.30. The SMILES string of the molecule is Cc1nn(CNCc2ccc(C#N)cc2)cc1Oc1cc(Cl)cc(C#N)c1. The van der Waals surface area contributed by atoms with Crippen molar-refractivity contribution < 1.29 is 4.74 Å². The van der Waals surface area contributed by atoms with Gasteiger partial charge in [0, 0.05) is 11.6 Å². The van der Waals surface area contributed by atoms with Gasteiger partial charge in [-0.3, -0.25) is 10.00 Å². The first-order chi connectivity index (χ1) is 13.1. The molecule has 0 radical (unpaired) electrons. The number of hydrogen-bond acceptors (Lipinski definition) is 5. The number of nitrogens with zero attached hydrogens (tertiary/aromatic N) is 4. The van der Waals surface area contributed by atoms with Crippen LogP contribution in [0.5, 0.6) is 11.5 Å². The summed E-state index contributed by atoms with van der Waals surface area (Å²) < 4.78 is 7.57. The summed E-state index contributed by atoms with van der Waals surface area (Å²) in [6, 6.07) is 16.4. The zero-order chi connectivity index (χ0) is 19.2. The fraction of sp³-hybridized carbons (Fsp3) is 0.150. The molecule has 27 heavy (non-hydrogen) atoms. The van der Waals surface area contributed by atoms with Crippen molar-refractivity contribution in [1.29, 1.82) is 10.5 Å². The van der Waals surface area contributed by atoms with Crippen molar-refractivity contribution in [3.05, 3.63) is 76.1 Å². The van der Waals surface area contributed by atoms with E-state index < -0.39 is 0 Å². The number of benzene rings is 2. The zero-order valence-electron chi connectivity index (χ0n) is 14.6. The third-order valence-electron chi connectivity index (χ3n) is 3.82. The number of rotatable bonds is 6. The molecule has 0 unspecified atom stereocenters. The summed E-state index contributed by atoms with van der Waals surface area (Å²) in [6.07, 6.45) is 1.79. The van der Waals surface area contributed by atoms with E-state index in [4.69, 9.17) is 26.9 Å². The van der Waals surface area contributed by atoms with E-state index in [0.29, 0.717) is 40.9 Å². The molecular formula is C20H16ClN5O. The molecule has 6 nitrogen and oxygen atoms in total. The Labute approximate surface area is 162 Å². The van der Waals surface area contributed by atoms with E-state index >= 15 is 0 Å². The maximum Gasteiger partial charge on any atom is 0.168 e. The number of aromatic nitrogens is 2. The molecule has 0 amide bonds. The Bertz CT molecular complexity index is 1030. The van der Waals surface area contributed by atoms with Crippen LogP contribution in [0.2, 0.25) is 5.02 Å². The van der Waals surface area contributed by atoms with Crippen LogP contribution in [0.25, 0.3) is 0 Å². The fourth-order valence-corrected chi connectivity index (χ4v) is 2.73. The molecule has 7 heteroatoms. The molecule has 0 atom stereocenters. The lowest BCUT2D eigenvalue weighted by molar-refractivity contribution is 0.474. The molecule has 0 aliphatic carbocycles. The Hall–Kier alpha value is -3.32. The van der Waals surface area contributed by atoms with Crippen LogP contribution in [-0.4, -0.2) is 9.78 Å². The molecular weight excluding hydrogens is 362 g/mol. The molecule has 2 aromatic carbocycles. The molecule has 3 rings (SSSR count). The maximum atomic E-state index is 9.03. The molecule has 3 aromatic rings. The molecule has 0 aliphatic rings. The smallest absolute Gasteiger partial charge is 0.168 e. The fourth-order valence-electron chi connectivity index (χ4n) is 2.51. The highest BCUT2D eigenvalue weighted by atomic mass is 35.5. The minimum Gasteiger partial charge on any atom is -0.454 e. The summed E-state index contributed by atoms with van der Waals surface area (Å²) in [5, 5.41) is 26.0. The third kappa shape index (κ3) is 4.86. The summed E-state index contributed by atoms with van der Waals surface area (Å²) in [6.45, 7) is 3.01. The van der Waals surface area contributed by atoms with Gasteiger partial charge in [0.2, 0.25) is 0 Å². The van der Waals surface area contributed by atoms with Crippen molar-refractivity contribution in [2.75, 3.05) is 0 Å². The van der Waals surface area contributed by atoms with Crippen molar-refractivity contribution in [3.63, 3.8) is 0 Å². The van der Waals surface area contributed by atoms with Gasteiger partial charge in [-0.25, -0.2) is 0 Å². The van der Waals surface area contributed by atoms with Gasteiger partial charge in [-0.15, -0.1) is 0 Å². The Morgan fingerprint density at radius 1 is 1.11 bits per heavy atom. The van der Waals surface area contributed by atoms with E-state index in [0.717, 1.165) is 11.3 Å². The third-order valence-corrected chi connectivity index (χ3v) is 4.03. The summed E-state index contributed by atoms with van der Waals surface area (Å²) >= 11 is 6.01. The van der Waals surface area contributed by atoms with Crippen LogP contribution in [0.4, 0.5) is 0 Å². The van der Waals surface area contributed by atoms with Crippen LogP contribution in [0.1, 0.15) is 22.4 Å². The van der Waals surface area contributed by atoms with Gasteiger partial charge in [0.15, 0.2) is 5.75 Å². The lowest BCUT2D eigenvalue weighted by atomic mass is 10.1. The first-order valence-electron chi connectivity index (χ1n) is 8.20. The van der Waals surface area contributed by atoms with Crippen LogP contribution in [0.3, 0.4) is 0 Å².